The summed E-state index contributed by atoms with van der Waals surface area (Å²) in [7, 11) is 0. The first-order chi connectivity index (χ1) is 11.7. The van der Waals surface area contributed by atoms with Crippen LogP contribution in [0.15, 0.2) is 61.1 Å². The van der Waals surface area contributed by atoms with E-state index in [0.717, 1.165) is 16.1 Å². The van der Waals surface area contributed by atoms with E-state index in [0.29, 0.717) is 16.5 Å². The molecular formula is C17H13N5OS. The van der Waals surface area contributed by atoms with Crippen molar-refractivity contribution >= 4 is 33.7 Å². The third-order valence-electron chi connectivity index (χ3n) is 3.52. The van der Waals surface area contributed by atoms with Crippen LogP contribution in [-0.4, -0.2) is 20.3 Å². The van der Waals surface area contributed by atoms with Crippen LogP contribution < -0.4 is 11.1 Å². The Bertz CT molecular complexity index is 1020. The highest BCUT2D eigenvalue weighted by molar-refractivity contribution is 7.18. The molecule has 0 bridgehead atoms. The van der Waals surface area contributed by atoms with Gasteiger partial charge >= 0.3 is 0 Å². The largest absolute Gasteiger partial charge is 0.375 e. The number of carbonyl (C=O) groups is 1. The zero-order valence-electron chi connectivity index (χ0n) is 12.5. The fourth-order valence-corrected chi connectivity index (χ4v) is 3.06. The molecule has 118 valence electrons. The van der Waals surface area contributed by atoms with E-state index in [2.05, 4.69) is 15.3 Å². The number of aromatic nitrogens is 3. The highest BCUT2D eigenvalue weighted by Crippen LogP contribution is 2.27. The summed E-state index contributed by atoms with van der Waals surface area (Å²) in [6.45, 7) is 0. The second kappa shape index (κ2) is 5.78. The maximum absolute atomic E-state index is 12.3. The van der Waals surface area contributed by atoms with Crippen molar-refractivity contribution in [3.63, 3.8) is 0 Å². The number of nitrogens with zero attached hydrogens (tertiary/aromatic N) is 3. The smallest absolute Gasteiger partial charge is 0.275 e. The van der Waals surface area contributed by atoms with Crippen molar-refractivity contribution in [3.05, 3.63) is 66.7 Å². The second-order valence-corrected chi connectivity index (χ2v) is 6.25. The van der Waals surface area contributed by atoms with Gasteiger partial charge in [0.15, 0.2) is 5.13 Å². The van der Waals surface area contributed by atoms with Crippen LogP contribution in [0.1, 0.15) is 10.5 Å². The first-order valence-corrected chi connectivity index (χ1v) is 8.07. The van der Waals surface area contributed by atoms with Gasteiger partial charge in [-0.2, -0.15) is 0 Å². The van der Waals surface area contributed by atoms with E-state index in [-0.39, 0.29) is 5.91 Å². The molecule has 0 unspecified atom stereocenters. The van der Waals surface area contributed by atoms with Gasteiger partial charge in [-0.3, -0.25) is 4.79 Å². The zero-order chi connectivity index (χ0) is 16.5. The number of anilines is 2. The number of hydrogen-bond acceptors (Lipinski definition) is 5. The number of imidazole rings is 1. The Kier molecular flexibility index (Phi) is 3.47. The molecular weight excluding hydrogens is 322 g/mol. The molecule has 0 aliphatic heterocycles. The molecule has 0 aliphatic rings. The molecule has 7 heteroatoms. The van der Waals surface area contributed by atoms with Crippen LogP contribution in [0.3, 0.4) is 0 Å². The van der Waals surface area contributed by atoms with Crippen LogP contribution in [-0.2, 0) is 0 Å². The summed E-state index contributed by atoms with van der Waals surface area (Å²) in [4.78, 5) is 21.7. The molecule has 4 aromatic rings. The van der Waals surface area contributed by atoms with Crippen molar-refractivity contribution in [3.8, 4) is 10.4 Å². The lowest BCUT2D eigenvalue weighted by atomic mass is 10.2. The average Bonchev–Trinajstić information content (AvgIpc) is 3.21. The Balaban J connectivity index is 1.64. The van der Waals surface area contributed by atoms with E-state index in [9.17, 15) is 4.79 Å². The Morgan fingerprint density at radius 2 is 1.96 bits per heavy atom. The highest BCUT2D eigenvalue weighted by atomic mass is 32.1. The quantitative estimate of drug-likeness (QED) is 0.601. The topological polar surface area (TPSA) is 85.3 Å². The van der Waals surface area contributed by atoms with Crippen molar-refractivity contribution < 1.29 is 4.79 Å². The Hall–Kier alpha value is -3.19. The molecule has 3 N–H and O–H groups in total. The Labute approximate surface area is 141 Å². The predicted octanol–water partition coefficient (Wildman–Crippen LogP) is 3.29. The van der Waals surface area contributed by atoms with Crippen molar-refractivity contribution in [2.75, 3.05) is 11.1 Å². The van der Waals surface area contributed by atoms with Gasteiger partial charge in [-0.1, -0.05) is 29.5 Å². The number of hydrogen-bond donors (Lipinski definition) is 2. The maximum Gasteiger partial charge on any atom is 0.275 e. The monoisotopic (exact) mass is 335 g/mol. The molecule has 6 nitrogen and oxygen atoms in total. The van der Waals surface area contributed by atoms with Crippen molar-refractivity contribution in [1.29, 1.82) is 0 Å². The first kappa shape index (κ1) is 14.4. The van der Waals surface area contributed by atoms with E-state index >= 15 is 0 Å². The number of rotatable bonds is 3. The molecule has 1 aromatic carbocycles. The fraction of sp³-hybridized carbons (Fsp3) is 0. The summed E-state index contributed by atoms with van der Waals surface area (Å²) in [6, 6.07) is 13.1. The molecule has 0 spiro atoms. The zero-order valence-corrected chi connectivity index (χ0v) is 13.3. The first-order valence-electron chi connectivity index (χ1n) is 7.26. The molecule has 3 aromatic heterocycles. The van der Waals surface area contributed by atoms with E-state index in [4.69, 9.17) is 5.73 Å². The molecule has 0 fully saturated rings. The van der Waals surface area contributed by atoms with Gasteiger partial charge in [0.25, 0.3) is 5.91 Å². The number of pyridine rings is 1. The van der Waals surface area contributed by atoms with Crippen LogP contribution >= 0.6 is 11.3 Å². The third kappa shape index (κ3) is 2.72. The average molecular weight is 335 g/mol. The van der Waals surface area contributed by atoms with Crippen LogP contribution in [0, 0.1) is 0 Å². The number of nitrogen functional groups attached to an aromatic ring is 1. The molecule has 0 aliphatic carbocycles. The van der Waals surface area contributed by atoms with E-state index in [1.165, 1.54) is 11.3 Å². The minimum atomic E-state index is -0.242. The molecule has 0 saturated heterocycles. The van der Waals surface area contributed by atoms with E-state index < -0.39 is 0 Å². The number of nitrogens with one attached hydrogen (secondary N) is 1. The SMILES string of the molecule is Nc1ncc(-c2ccc3nc(C(=O)Nc4ccccc4)cn3c2)s1. The number of fused-ring (bicyclic) bond motifs is 1. The lowest BCUT2D eigenvalue weighted by Gasteiger charge is -2.01. The number of benzene rings is 1. The maximum atomic E-state index is 12.3. The summed E-state index contributed by atoms with van der Waals surface area (Å²) in [5.41, 5.74) is 8.46. The number of amides is 1. The highest BCUT2D eigenvalue weighted by Gasteiger charge is 2.12. The van der Waals surface area contributed by atoms with Gasteiger partial charge in [0.05, 0.1) is 4.88 Å². The summed E-state index contributed by atoms with van der Waals surface area (Å²) < 4.78 is 1.82. The normalized spacial score (nSPS) is 10.8. The van der Waals surface area contributed by atoms with Crippen LogP contribution in [0.4, 0.5) is 10.8 Å². The third-order valence-corrected chi connectivity index (χ3v) is 4.40. The minimum Gasteiger partial charge on any atom is -0.375 e. The molecule has 0 saturated carbocycles. The molecule has 4 rings (SSSR count). The van der Waals surface area contributed by atoms with Crippen molar-refractivity contribution in [2.45, 2.75) is 0 Å². The number of thiazole rings is 1. The molecule has 1 amide bonds. The number of para-hydroxylation sites is 1. The van der Waals surface area contributed by atoms with Crippen LogP contribution in [0.25, 0.3) is 16.1 Å². The fourth-order valence-electron chi connectivity index (χ4n) is 2.38. The Morgan fingerprint density at radius 1 is 1.12 bits per heavy atom. The van der Waals surface area contributed by atoms with Crippen molar-refractivity contribution in [1.82, 2.24) is 14.4 Å². The molecule has 0 radical (unpaired) electrons. The summed E-state index contributed by atoms with van der Waals surface area (Å²) in [5, 5.41) is 3.36. The summed E-state index contributed by atoms with van der Waals surface area (Å²) in [5.74, 6) is -0.242. The summed E-state index contributed by atoms with van der Waals surface area (Å²) in [6.07, 6.45) is 5.36. The van der Waals surface area contributed by atoms with Gasteiger partial charge in [-0.15, -0.1) is 0 Å². The number of carbonyl (C=O) groups excluding carboxylic acids is 1. The molecule has 24 heavy (non-hydrogen) atoms. The molecule has 0 atom stereocenters. The lowest BCUT2D eigenvalue weighted by molar-refractivity contribution is 0.102. The minimum absolute atomic E-state index is 0.242. The van der Waals surface area contributed by atoms with E-state index in [1.54, 1.807) is 12.4 Å². The standard InChI is InChI=1S/C17H13N5OS/c18-17-19-8-14(24-17)11-6-7-15-21-13(10-22(15)9-11)16(23)20-12-4-2-1-3-5-12/h1-10H,(H2,18,19)(H,20,23). The van der Waals surface area contributed by atoms with E-state index in [1.807, 2.05) is 53.1 Å². The molecule has 3 heterocycles. The van der Waals surface area contributed by atoms with Gasteiger partial charge in [0.1, 0.15) is 11.3 Å². The predicted molar refractivity (Wildman–Crippen MR) is 95.1 cm³/mol. The van der Waals surface area contributed by atoms with Crippen molar-refractivity contribution in [2.24, 2.45) is 0 Å². The number of nitrogens with two attached hydrogens (primary N) is 1. The van der Waals surface area contributed by atoms with Crippen LogP contribution in [0.5, 0.6) is 0 Å². The van der Waals surface area contributed by atoms with Gasteiger partial charge < -0.3 is 15.5 Å². The van der Waals surface area contributed by atoms with Crippen LogP contribution in [0.2, 0.25) is 0 Å². The van der Waals surface area contributed by atoms with Gasteiger partial charge in [0, 0.05) is 29.8 Å². The summed E-state index contributed by atoms with van der Waals surface area (Å²) >= 11 is 1.42. The van der Waals surface area contributed by atoms with Gasteiger partial charge in [-0.25, -0.2) is 9.97 Å². The van der Waals surface area contributed by atoms with Gasteiger partial charge in [0.2, 0.25) is 0 Å². The lowest BCUT2D eigenvalue weighted by Crippen LogP contribution is -2.11. The second-order valence-electron chi connectivity index (χ2n) is 5.19. The van der Waals surface area contributed by atoms with Gasteiger partial charge in [-0.05, 0) is 24.3 Å². The Morgan fingerprint density at radius 3 is 2.71 bits per heavy atom.